The summed E-state index contributed by atoms with van der Waals surface area (Å²) in [5, 5.41) is 5.54. The van der Waals surface area contributed by atoms with Gasteiger partial charge in [-0.15, -0.1) is 11.3 Å². The molecule has 21 heavy (non-hydrogen) atoms. The summed E-state index contributed by atoms with van der Waals surface area (Å²) in [6.45, 7) is 0. The number of amides is 1. The minimum Gasteiger partial charge on any atom is -0.310 e. The van der Waals surface area contributed by atoms with Gasteiger partial charge in [0.2, 0.25) is 5.91 Å². The van der Waals surface area contributed by atoms with Crippen LogP contribution in [0.2, 0.25) is 0 Å². The lowest BCUT2D eigenvalue weighted by Gasteiger charge is -2.02. The number of hydrogen-bond donors (Lipinski definition) is 1. The van der Waals surface area contributed by atoms with E-state index in [-0.39, 0.29) is 5.91 Å². The zero-order chi connectivity index (χ0) is 14.5. The maximum absolute atomic E-state index is 12.0. The SMILES string of the molecule is O=C(Cc1ccccc1)Nc1csc(-c2ccncc2)n1. The van der Waals surface area contributed by atoms with E-state index in [2.05, 4.69) is 15.3 Å². The maximum Gasteiger partial charge on any atom is 0.229 e. The summed E-state index contributed by atoms with van der Waals surface area (Å²) in [4.78, 5) is 20.4. The lowest BCUT2D eigenvalue weighted by molar-refractivity contribution is -0.115. The van der Waals surface area contributed by atoms with Crippen molar-refractivity contribution in [2.24, 2.45) is 0 Å². The third-order valence-corrected chi connectivity index (χ3v) is 3.80. The first-order valence-electron chi connectivity index (χ1n) is 6.51. The van der Waals surface area contributed by atoms with Crippen molar-refractivity contribution < 1.29 is 4.79 Å². The van der Waals surface area contributed by atoms with Crippen LogP contribution >= 0.6 is 11.3 Å². The molecular formula is C16H13N3OS. The minimum absolute atomic E-state index is 0.0622. The molecule has 2 aromatic heterocycles. The highest BCUT2D eigenvalue weighted by atomic mass is 32.1. The smallest absolute Gasteiger partial charge is 0.229 e. The number of thiazole rings is 1. The summed E-state index contributed by atoms with van der Waals surface area (Å²) in [5.74, 6) is 0.528. The predicted molar refractivity (Wildman–Crippen MR) is 84.1 cm³/mol. The molecule has 0 unspecified atom stereocenters. The molecule has 5 heteroatoms. The Morgan fingerprint density at radius 1 is 1.10 bits per heavy atom. The van der Waals surface area contributed by atoms with Crippen LogP contribution in [0.1, 0.15) is 5.56 Å². The molecule has 2 heterocycles. The van der Waals surface area contributed by atoms with Crippen LogP contribution in [-0.4, -0.2) is 15.9 Å². The highest BCUT2D eigenvalue weighted by Gasteiger charge is 2.08. The van der Waals surface area contributed by atoms with Gasteiger partial charge in [0.1, 0.15) is 10.8 Å². The standard InChI is InChI=1S/C16H13N3OS/c20-15(10-12-4-2-1-3-5-12)18-14-11-21-16(19-14)13-6-8-17-9-7-13/h1-9,11H,10H2,(H,18,20). The molecule has 0 aliphatic carbocycles. The Morgan fingerprint density at radius 2 is 1.86 bits per heavy atom. The van der Waals surface area contributed by atoms with Crippen molar-refractivity contribution >= 4 is 23.1 Å². The van der Waals surface area contributed by atoms with Crippen LogP contribution < -0.4 is 5.32 Å². The molecule has 0 aliphatic rings. The van der Waals surface area contributed by atoms with Gasteiger partial charge in [0.25, 0.3) is 0 Å². The van der Waals surface area contributed by atoms with Gasteiger partial charge in [0, 0.05) is 23.3 Å². The molecule has 4 nitrogen and oxygen atoms in total. The fourth-order valence-corrected chi connectivity index (χ4v) is 2.68. The van der Waals surface area contributed by atoms with Crippen molar-refractivity contribution in [2.75, 3.05) is 5.32 Å². The van der Waals surface area contributed by atoms with E-state index in [4.69, 9.17) is 0 Å². The number of pyridine rings is 1. The first kappa shape index (κ1) is 13.5. The number of nitrogens with one attached hydrogen (secondary N) is 1. The van der Waals surface area contributed by atoms with Gasteiger partial charge in [0.15, 0.2) is 0 Å². The van der Waals surface area contributed by atoms with Gasteiger partial charge >= 0.3 is 0 Å². The van der Waals surface area contributed by atoms with E-state index in [1.165, 1.54) is 11.3 Å². The molecule has 1 amide bonds. The quantitative estimate of drug-likeness (QED) is 0.802. The third-order valence-electron chi connectivity index (χ3n) is 2.91. The first-order valence-corrected chi connectivity index (χ1v) is 7.39. The van der Waals surface area contributed by atoms with Crippen LogP contribution in [0.25, 0.3) is 10.6 Å². The predicted octanol–water partition coefficient (Wildman–Crippen LogP) is 3.39. The van der Waals surface area contributed by atoms with Crippen molar-refractivity contribution in [3.8, 4) is 10.6 Å². The Morgan fingerprint density at radius 3 is 2.62 bits per heavy atom. The van der Waals surface area contributed by atoms with Gasteiger partial charge in [-0.25, -0.2) is 4.98 Å². The number of anilines is 1. The number of rotatable bonds is 4. The minimum atomic E-state index is -0.0622. The molecular weight excluding hydrogens is 282 g/mol. The summed E-state index contributed by atoms with van der Waals surface area (Å²) >= 11 is 1.50. The fraction of sp³-hybridized carbons (Fsp3) is 0.0625. The monoisotopic (exact) mass is 295 g/mol. The Kier molecular flexibility index (Phi) is 4.02. The Hall–Kier alpha value is -2.53. The van der Waals surface area contributed by atoms with E-state index in [0.717, 1.165) is 16.1 Å². The number of benzene rings is 1. The van der Waals surface area contributed by atoms with Crippen LogP contribution in [0.5, 0.6) is 0 Å². The molecule has 0 aliphatic heterocycles. The molecule has 0 radical (unpaired) electrons. The number of aromatic nitrogens is 2. The molecule has 0 fully saturated rings. The van der Waals surface area contributed by atoms with E-state index in [0.29, 0.717) is 12.2 Å². The summed E-state index contributed by atoms with van der Waals surface area (Å²) in [6, 6.07) is 13.4. The van der Waals surface area contributed by atoms with Crippen molar-refractivity contribution in [3.05, 3.63) is 65.8 Å². The average molecular weight is 295 g/mol. The van der Waals surface area contributed by atoms with Gasteiger partial charge in [-0.1, -0.05) is 30.3 Å². The van der Waals surface area contributed by atoms with E-state index in [9.17, 15) is 4.79 Å². The van der Waals surface area contributed by atoms with E-state index in [1.807, 2.05) is 47.8 Å². The van der Waals surface area contributed by atoms with Crippen LogP contribution in [0.15, 0.2) is 60.2 Å². The summed E-state index contributed by atoms with van der Waals surface area (Å²) in [5.41, 5.74) is 1.98. The molecule has 0 spiro atoms. The molecule has 3 rings (SSSR count). The topological polar surface area (TPSA) is 54.9 Å². The molecule has 1 N–H and O–H groups in total. The molecule has 104 valence electrons. The molecule has 0 saturated heterocycles. The highest BCUT2D eigenvalue weighted by molar-refractivity contribution is 7.13. The molecule has 3 aromatic rings. The number of hydrogen-bond acceptors (Lipinski definition) is 4. The van der Waals surface area contributed by atoms with Crippen molar-refractivity contribution in [1.29, 1.82) is 0 Å². The number of carbonyl (C=O) groups excluding carboxylic acids is 1. The lowest BCUT2D eigenvalue weighted by atomic mass is 10.1. The second-order valence-electron chi connectivity index (χ2n) is 4.48. The average Bonchev–Trinajstić information content (AvgIpc) is 2.97. The van der Waals surface area contributed by atoms with Gasteiger partial charge in [0.05, 0.1) is 6.42 Å². The van der Waals surface area contributed by atoms with E-state index in [1.54, 1.807) is 12.4 Å². The number of nitrogens with zero attached hydrogens (tertiary/aromatic N) is 2. The first-order chi connectivity index (χ1) is 10.3. The van der Waals surface area contributed by atoms with Crippen molar-refractivity contribution in [2.45, 2.75) is 6.42 Å². The van der Waals surface area contributed by atoms with Gasteiger partial charge < -0.3 is 5.32 Å². The van der Waals surface area contributed by atoms with Crippen molar-refractivity contribution in [1.82, 2.24) is 9.97 Å². The second kappa shape index (κ2) is 6.28. The third kappa shape index (κ3) is 3.52. The van der Waals surface area contributed by atoms with Crippen LogP contribution in [-0.2, 0) is 11.2 Å². The van der Waals surface area contributed by atoms with Gasteiger partial charge in [-0.2, -0.15) is 0 Å². The largest absolute Gasteiger partial charge is 0.310 e. The zero-order valence-electron chi connectivity index (χ0n) is 11.2. The zero-order valence-corrected chi connectivity index (χ0v) is 12.0. The molecule has 0 bridgehead atoms. The maximum atomic E-state index is 12.0. The van der Waals surface area contributed by atoms with Gasteiger partial charge in [-0.05, 0) is 17.7 Å². The highest BCUT2D eigenvalue weighted by Crippen LogP contribution is 2.25. The van der Waals surface area contributed by atoms with Gasteiger partial charge in [-0.3, -0.25) is 9.78 Å². The summed E-state index contributed by atoms with van der Waals surface area (Å²) in [6.07, 6.45) is 3.80. The second-order valence-corrected chi connectivity index (χ2v) is 5.34. The van der Waals surface area contributed by atoms with Crippen molar-refractivity contribution in [3.63, 3.8) is 0 Å². The fourth-order valence-electron chi connectivity index (χ4n) is 1.93. The molecule has 0 saturated carbocycles. The Balaban J connectivity index is 1.66. The summed E-state index contributed by atoms with van der Waals surface area (Å²) < 4.78 is 0. The molecule has 1 aromatic carbocycles. The Bertz CT molecular complexity index is 726. The van der Waals surface area contributed by atoms with Crippen LogP contribution in [0, 0.1) is 0 Å². The number of carbonyl (C=O) groups is 1. The Labute approximate surface area is 126 Å². The normalized spacial score (nSPS) is 10.3. The van der Waals surface area contributed by atoms with Crippen LogP contribution in [0.3, 0.4) is 0 Å². The van der Waals surface area contributed by atoms with Crippen LogP contribution in [0.4, 0.5) is 5.82 Å². The molecule has 0 atom stereocenters. The van der Waals surface area contributed by atoms with E-state index >= 15 is 0 Å². The van der Waals surface area contributed by atoms with E-state index < -0.39 is 0 Å². The summed E-state index contributed by atoms with van der Waals surface area (Å²) in [7, 11) is 0. The lowest BCUT2D eigenvalue weighted by Crippen LogP contribution is -2.14.